The van der Waals surface area contributed by atoms with Crippen LogP contribution >= 0.6 is 11.3 Å². The van der Waals surface area contributed by atoms with Crippen molar-refractivity contribution in [1.29, 1.82) is 0 Å². The van der Waals surface area contributed by atoms with Gasteiger partial charge in [-0.3, -0.25) is 14.3 Å². The van der Waals surface area contributed by atoms with Crippen molar-refractivity contribution in [2.45, 2.75) is 30.9 Å². The maximum Gasteiger partial charge on any atom is 0.271 e. The largest absolute Gasteiger partial charge is 0.354 e. The number of nitrogens with one attached hydrogen (secondary N) is 2. The molecule has 1 amide bonds. The maximum atomic E-state index is 12.7. The molecule has 1 aliphatic rings. The number of ketones is 1. The lowest BCUT2D eigenvalue weighted by Crippen LogP contribution is -2.14. The van der Waals surface area contributed by atoms with Crippen LogP contribution < -0.4 is 10.0 Å². The van der Waals surface area contributed by atoms with E-state index in [1.54, 1.807) is 49.4 Å². The fourth-order valence-corrected chi connectivity index (χ4v) is 5.22. The molecule has 0 unspecified atom stereocenters. The van der Waals surface area contributed by atoms with Gasteiger partial charge in [-0.05, 0) is 75.2 Å². The Morgan fingerprint density at radius 3 is 2.50 bits per heavy atom. The van der Waals surface area contributed by atoms with Gasteiger partial charge in [0.1, 0.15) is 15.6 Å². The Morgan fingerprint density at radius 1 is 1.12 bits per heavy atom. The predicted molar refractivity (Wildman–Crippen MR) is 123 cm³/mol. The molecular weight excluding hydrogens is 450 g/mol. The Labute approximate surface area is 189 Å². The number of hydrogen-bond acceptors (Lipinski definition) is 7. The summed E-state index contributed by atoms with van der Waals surface area (Å²) in [5.74, 6) is 0.319. The first-order valence-corrected chi connectivity index (χ1v) is 12.2. The van der Waals surface area contributed by atoms with Crippen LogP contribution in [0.15, 0.2) is 45.1 Å². The first kappa shape index (κ1) is 22.0. The van der Waals surface area contributed by atoms with Crippen molar-refractivity contribution in [1.82, 2.24) is 5.16 Å². The minimum atomic E-state index is -3.77. The lowest BCUT2D eigenvalue weighted by molar-refractivity contribution is -0.117. The van der Waals surface area contributed by atoms with Gasteiger partial charge in [0.15, 0.2) is 11.5 Å². The number of aryl methyl sites for hydroxylation is 1. The second kappa shape index (κ2) is 8.71. The van der Waals surface area contributed by atoms with Gasteiger partial charge in [0.05, 0.1) is 0 Å². The summed E-state index contributed by atoms with van der Waals surface area (Å²) in [6.45, 7) is 3.19. The van der Waals surface area contributed by atoms with E-state index in [1.165, 1.54) is 13.0 Å². The molecule has 2 aromatic heterocycles. The second-order valence-electron chi connectivity index (χ2n) is 7.50. The topological polar surface area (TPSA) is 118 Å². The summed E-state index contributed by atoms with van der Waals surface area (Å²) in [7, 11) is -3.77. The van der Waals surface area contributed by atoms with Gasteiger partial charge in [0, 0.05) is 22.0 Å². The van der Waals surface area contributed by atoms with Crippen LogP contribution in [-0.2, 0) is 14.8 Å². The summed E-state index contributed by atoms with van der Waals surface area (Å²) < 4.78 is 33.3. The molecule has 2 N–H and O–H groups in total. The van der Waals surface area contributed by atoms with Crippen molar-refractivity contribution in [2.75, 3.05) is 10.0 Å². The molecule has 8 nitrogen and oxygen atoms in total. The molecule has 32 heavy (non-hydrogen) atoms. The van der Waals surface area contributed by atoms with Crippen molar-refractivity contribution in [3.63, 3.8) is 0 Å². The molecule has 0 bridgehead atoms. The number of carbonyl (C=O) groups is 2. The van der Waals surface area contributed by atoms with Gasteiger partial charge < -0.3 is 9.84 Å². The number of nitrogens with zero attached hydrogens (tertiary/aromatic N) is 1. The molecule has 1 fully saturated rings. The summed E-state index contributed by atoms with van der Waals surface area (Å²) in [6, 6.07) is 9.43. The van der Waals surface area contributed by atoms with E-state index in [0.29, 0.717) is 33.3 Å². The van der Waals surface area contributed by atoms with Crippen LogP contribution in [0.4, 0.5) is 11.4 Å². The summed E-state index contributed by atoms with van der Waals surface area (Å²) in [6.07, 6.45) is 5.14. The number of anilines is 2. The third kappa shape index (κ3) is 4.97. The van der Waals surface area contributed by atoms with E-state index >= 15 is 0 Å². The molecular formula is C22H21N3O5S2. The van der Waals surface area contributed by atoms with Gasteiger partial charge in [0.25, 0.3) is 10.0 Å². The van der Waals surface area contributed by atoms with E-state index < -0.39 is 10.0 Å². The number of benzene rings is 1. The first-order chi connectivity index (χ1) is 15.2. The molecule has 0 saturated heterocycles. The van der Waals surface area contributed by atoms with Crippen LogP contribution in [0.3, 0.4) is 0 Å². The van der Waals surface area contributed by atoms with Crippen LogP contribution in [0, 0.1) is 12.8 Å². The van der Waals surface area contributed by atoms with E-state index in [0.717, 1.165) is 24.2 Å². The van der Waals surface area contributed by atoms with Gasteiger partial charge in [-0.2, -0.15) is 0 Å². The SMILES string of the molecule is CC(=O)c1ccc(NS(=O)(=O)c2ccc(/C=C/c3onc(C)c3NC(=O)C3CC3)s2)cc1. The third-order valence-corrected chi connectivity index (χ3v) is 7.82. The molecule has 1 aliphatic carbocycles. The van der Waals surface area contributed by atoms with Crippen molar-refractivity contribution in [3.05, 3.63) is 58.3 Å². The number of aromatic nitrogens is 1. The molecule has 2 heterocycles. The zero-order chi connectivity index (χ0) is 22.9. The van der Waals surface area contributed by atoms with Crippen LogP contribution in [-0.4, -0.2) is 25.3 Å². The highest BCUT2D eigenvalue weighted by atomic mass is 32.2. The van der Waals surface area contributed by atoms with Crippen LogP contribution in [0.25, 0.3) is 12.2 Å². The lowest BCUT2D eigenvalue weighted by Gasteiger charge is -2.06. The minimum absolute atomic E-state index is 0.0436. The monoisotopic (exact) mass is 471 g/mol. The normalized spacial score (nSPS) is 13.9. The molecule has 0 aliphatic heterocycles. The van der Waals surface area contributed by atoms with Crippen molar-refractivity contribution in [3.8, 4) is 0 Å². The molecule has 1 aromatic carbocycles. The van der Waals surface area contributed by atoms with Gasteiger partial charge >= 0.3 is 0 Å². The molecule has 0 radical (unpaired) electrons. The molecule has 0 atom stereocenters. The van der Waals surface area contributed by atoms with E-state index in [9.17, 15) is 18.0 Å². The number of sulfonamides is 1. The maximum absolute atomic E-state index is 12.7. The van der Waals surface area contributed by atoms with Gasteiger partial charge in [-0.25, -0.2) is 8.42 Å². The average molecular weight is 472 g/mol. The quantitative estimate of drug-likeness (QED) is 0.465. The standard InChI is InChI=1S/C22H21N3O5S2/c1-13-21(23-22(27)16-3-4-16)19(30-24-13)11-9-18-10-12-20(31-18)32(28,29)25-17-7-5-15(6-8-17)14(2)26/h5-12,16,25H,3-4H2,1-2H3,(H,23,27)/b11-9+. The number of thiophene rings is 1. The molecule has 4 rings (SSSR count). The lowest BCUT2D eigenvalue weighted by atomic mass is 10.1. The van der Waals surface area contributed by atoms with Crippen LogP contribution in [0.5, 0.6) is 0 Å². The van der Waals surface area contributed by atoms with Crippen LogP contribution in [0.1, 0.15) is 46.5 Å². The fraction of sp³-hybridized carbons (Fsp3) is 0.227. The minimum Gasteiger partial charge on any atom is -0.354 e. The summed E-state index contributed by atoms with van der Waals surface area (Å²) in [5, 5.41) is 6.76. The highest BCUT2D eigenvalue weighted by Crippen LogP contribution is 2.32. The van der Waals surface area contributed by atoms with Gasteiger partial charge in [-0.15, -0.1) is 11.3 Å². The van der Waals surface area contributed by atoms with Crippen molar-refractivity contribution in [2.24, 2.45) is 5.92 Å². The molecule has 166 valence electrons. The van der Waals surface area contributed by atoms with E-state index in [-0.39, 0.29) is 21.8 Å². The number of rotatable bonds is 8. The predicted octanol–water partition coefficient (Wildman–Crippen LogP) is 4.57. The zero-order valence-electron chi connectivity index (χ0n) is 17.4. The Hall–Kier alpha value is -3.24. The fourth-order valence-electron chi connectivity index (χ4n) is 2.93. The Bertz CT molecular complexity index is 1300. The van der Waals surface area contributed by atoms with E-state index in [1.807, 2.05) is 0 Å². The average Bonchev–Trinajstić information content (AvgIpc) is 3.40. The third-order valence-electron chi connectivity index (χ3n) is 4.90. The molecule has 0 spiro atoms. The van der Waals surface area contributed by atoms with Gasteiger partial charge in [0.2, 0.25) is 5.91 Å². The Balaban J connectivity index is 1.47. The number of hydrogen-bond donors (Lipinski definition) is 2. The first-order valence-electron chi connectivity index (χ1n) is 9.92. The summed E-state index contributed by atoms with van der Waals surface area (Å²) in [5.41, 5.74) is 1.98. The van der Waals surface area contributed by atoms with Gasteiger partial charge in [-0.1, -0.05) is 5.16 Å². The molecule has 3 aromatic rings. The van der Waals surface area contributed by atoms with E-state index in [2.05, 4.69) is 15.2 Å². The Kier molecular flexibility index (Phi) is 5.98. The summed E-state index contributed by atoms with van der Waals surface area (Å²) in [4.78, 5) is 24.1. The highest BCUT2D eigenvalue weighted by Gasteiger charge is 2.30. The smallest absolute Gasteiger partial charge is 0.271 e. The number of carbonyl (C=O) groups excluding carboxylic acids is 2. The molecule has 10 heteroatoms. The summed E-state index contributed by atoms with van der Waals surface area (Å²) >= 11 is 1.09. The van der Waals surface area contributed by atoms with Crippen molar-refractivity contribution >= 4 is 56.6 Å². The van der Waals surface area contributed by atoms with Crippen molar-refractivity contribution < 1.29 is 22.5 Å². The number of amides is 1. The highest BCUT2D eigenvalue weighted by molar-refractivity contribution is 7.94. The Morgan fingerprint density at radius 2 is 1.84 bits per heavy atom. The van der Waals surface area contributed by atoms with E-state index in [4.69, 9.17) is 4.52 Å². The van der Waals surface area contributed by atoms with Crippen LogP contribution in [0.2, 0.25) is 0 Å². The zero-order valence-corrected chi connectivity index (χ0v) is 19.0. The number of Topliss-reactive ketones (excluding diaryl/α,β-unsaturated/α-hetero) is 1. The second-order valence-corrected chi connectivity index (χ2v) is 10.5. The molecule has 1 saturated carbocycles.